The average molecular weight is 315 g/mol. The van der Waals surface area contributed by atoms with Gasteiger partial charge in [-0.3, -0.25) is 0 Å². The van der Waals surface area contributed by atoms with Crippen LogP contribution in [0.4, 0.5) is 4.39 Å². The third kappa shape index (κ3) is 4.00. The summed E-state index contributed by atoms with van der Waals surface area (Å²) in [6, 6.07) is 6.78. The largest absolute Gasteiger partial charge is 0.300 e. The van der Waals surface area contributed by atoms with Crippen molar-refractivity contribution in [2.45, 2.75) is 6.42 Å². The minimum atomic E-state index is -3.32. The molecule has 1 saturated heterocycles. The molecule has 21 heavy (non-hydrogen) atoms. The van der Waals surface area contributed by atoms with E-state index in [1.807, 2.05) is 6.07 Å². The summed E-state index contributed by atoms with van der Waals surface area (Å²) in [4.78, 5) is 2.17. The van der Waals surface area contributed by atoms with Gasteiger partial charge in [-0.1, -0.05) is 18.2 Å². The summed E-state index contributed by atoms with van der Waals surface area (Å²) in [5, 5.41) is 0. The molecule has 0 aliphatic carbocycles. The summed E-state index contributed by atoms with van der Waals surface area (Å²) >= 11 is 0. The van der Waals surface area contributed by atoms with E-state index in [-0.39, 0.29) is 5.82 Å². The van der Waals surface area contributed by atoms with Crippen molar-refractivity contribution in [2.24, 2.45) is 0 Å². The number of halogens is 1. The quantitative estimate of drug-likeness (QED) is 0.807. The van der Waals surface area contributed by atoms with Crippen LogP contribution < -0.4 is 0 Å². The Balaban J connectivity index is 1.84. The molecule has 0 N–H and O–H groups in total. The van der Waals surface area contributed by atoms with E-state index in [0.717, 1.165) is 6.54 Å². The van der Waals surface area contributed by atoms with Gasteiger partial charge in [-0.2, -0.15) is 17.0 Å². The highest BCUT2D eigenvalue weighted by molar-refractivity contribution is 7.86. The van der Waals surface area contributed by atoms with E-state index in [1.165, 1.54) is 14.7 Å². The molecule has 7 heteroatoms. The van der Waals surface area contributed by atoms with Crippen molar-refractivity contribution in [2.75, 3.05) is 46.8 Å². The van der Waals surface area contributed by atoms with Crippen LogP contribution in [-0.2, 0) is 16.6 Å². The molecule has 1 aromatic carbocycles. The molecule has 118 valence electrons. The fraction of sp³-hybridized carbons (Fsp3) is 0.571. The Morgan fingerprint density at radius 3 is 2.33 bits per heavy atom. The molecule has 0 saturated carbocycles. The van der Waals surface area contributed by atoms with Gasteiger partial charge in [0.25, 0.3) is 10.2 Å². The fourth-order valence-corrected chi connectivity index (χ4v) is 3.48. The molecule has 0 amide bonds. The smallest absolute Gasteiger partial charge is 0.281 e. The SMILES string of the molecule is CN(C)S(=O)(=O)N1CCN(CCc2ccccc2F)CC1. The molecular formula is C14H22FN3O2S. The molecule has 0 radical (unpaired) electrons. The van der Waals surface area contributed by atoms with Gasteiger partial charge in [0.1, 0.15) is 5.82 Å². The van der Waals surface area contributed by atoms with Gasteiger partial charge in [0, 0.05) is 46.8 Å². The Morgan fingerprint density at radius 2 is 1.76 bits per heavy atom. The Hall–Kier alpha value is -1.02. The minimum Gasteiger partial charge on any atom is -0.300 e. The third-order valence-corrected chi connectivity index (χ3v) is 5.71. The number of rotatable bonds is 5. The van der Waals surface area contributed by atoms with Crippen molar-refractivity contribution in [1.29, 1.82) is 0 Å². The third-order valence-electron chi connectivity index (χ3n) is 3.77. The first-order valence-corrected chi connectivity index (χ1v) is 8.44. The van der Waals surface area contributed by atoms with Crippen molar-refractivity contribution >= 4 is 10.2 Å². The molecular weight excluding hydrogens is 293 g/mol. The molecule has 1 aliphatic rings. The van der Waals surface area contributed by atoms with E-state index < -0.39 is 10.2 Å². The number of nitrogens with zero attached hydrogens (tertiary/aromatic N) is 3. The van der Waals surface area contributed by atoms with Crippen LogP contribution in [0.5, 0.6) is 0 Å². The van der Waals surface area contributed by atoms with Crippen molar-refractivity contribution in [1.82, 2.24) is 13.5 Å². The molecule has 0 atom stereocenters. The van der Waals surface area contributed by atoms with Gasteiger partial charge < -0.3 is 4.90 Å². The van der Waals surface area contributed by atoms with Crippen LogP contribution in [-0.4, -0.2) is 68.7 Å². The van der Waals surface area contributed by atoms with Crippen LogP contribution in [0.25, 0.3) is 0 Å². The highest BCUT2D eigenvalue weighted by Gasteiger charge is 2.28. The van der Waals surface area contributed by atoms with Crippen molar-refractivity contribution < 1.29 is 12.8 Å². The number of hydrogen-bond acceptors (Lipinski definition) is 3. The van der Waals surface area contributed by atoms with Gasteiger partial charge in [0.05, 0.1) is 0 Å². The van der Waals surface area contributed by atoms with Crippen LogP contribution in [0.2, 0.25) is 0 Å². The van der Waals surface area contributed by atoms with Gasteiger partial charge in [-0.05, 0) is 18.1 Å². The van der Waals surface area contributed by atoms with Gasteiger partial charge >= 0.3 is 0 Å². The Kier molecular flexibility index (Phi) is 5.32. The summed E-state index contributed by atoms with van der Waals surface area (Å²) in [6.07, 6.45) is 0.646. The summed E-state index contributed by atoms with van der Waals surface area (Å²) < 4.78 is 40.3. The molecule has 0 unspecified atom stereocenters. The molecule has 0 bridgehead atoms. The van der Waals surface area contributed by atoms with Crippen LogP contribution >= 0.6 is 0 Å². The summed E-state index contributed by atoms with van der Waals surface area (Å²) in [5.74, 6) is -0.175. The van der Waals surface area contributed by atoms with E-state index in [1.54, 1.807) is 26.2 Å². The van der Waals surface area contributed by atoms with Gasteiger partial charge in [0.2, 0.25) is 0 Å². The van der Waals surface area contributed by atoms with Gasteiger partial charge in [-0.25, -0.2) is 4.39 Å². The molecule has 0 spiro atoms. The fourth-order valence-electron chi connectivity index (χ4n) is 2.39. The zero-order chi connectivity index (χ0) is 15.5. The predicted octanol–water partition coefficient (Wildman–Crippen LogP) is 0.792. The Morgan fingerprint density at radius 1 is 1.14 bits per heavy atom. The number of hydrogen-bond donors (Lipinski definition) is 0. The van der Waals surface area contributed by atoms with Gasteiger partial charge in [-0.15, -0.1) is 0 Å². The lowest BCUT2D eigenvalue weighted by atomic mass is 10.1. The number of benzene rings is 1. The summed E-state index contributed by atoms with van der Waals surface area (Å²) in [6.45, 7) is 3.08. The predicted molar refractivity (Wildman–Crippen MR) is 80.7 cm³/mol. The zero-order valence-electron chi connectivity index (χ0n) is 12.5. The molecule has 1 heterocycles. The Bertz CT molecular complexity index is 569. The lowest BCUT2D eigenvalue weighted by Gasteiger charge is -2.35. The second-order valence-corrected chi connectivity index (χ2v) is 7.51. The van der Waals surface area contributed by atoms with Crippen molar-refractivity contribution in [3.05, 3.63) is 35.6 Å². The van der Waals surface area contributed by atoms with E-state index in [4.69, 9.17) is 0 Å². The second-order valence-electron chi connectivity index (χ2n) is 5.37. The van der Waals surface area contributed by atoms with Crippen molar-refractivity contribution in [3.63, 3.8) is 0 Å². The molecule has 1 fully saturated rings. The normalized spacial score (nSPS) is 18.3. The van der Waals surface area contributed by atoms with Crippen LogP contribution in [0.1, 0.15) is 5.56 Å². The van der Waals surface area contributed by atoms with Crippen LogP contribution in [0.3, 0.4) is 0 Å². The molecule has 0 aromatic heterocycles. The van der Waals surface area contributed by atoms with E-state index in [9.17, 15) is 12.8 Å². The van der Waals surface area contributed by atoms with E-state index in [0.29, 0.717) is 38.2 Å². The highest BCUT2D eigenvalue weighted by Crippen LogP contribution is 2.12. The Labute approximate surface area is 126 Å². The molecule has 2 rings (SSSR count). The minimum absolute atomic E-state index is 0.175. The molecule has 1 aliphatic heterocycles. The maximum atomic E-state index is 13.5. The first kappa shape index (κ1) is 16.4. The first-order chi connectivity index (χ1) is 9.91. The van der Waals surface area contributed by atoms with E-state index >= 15 is 0 Å². The first-order valence-electron chi connectivity index (χ1n) is 7.04. The van der Waals surface area contributed by atoms with Crippen LogP contribution in [0.15, 0.2) is 24.3 Å². The summed E-state index contributed by atoms with van der Waals surface area (Å²) in [5.41, 5.74) is 0.709. The average Bonchev–Trinajstić information content (AvgIpc) is 2.46. The zero-order valence-corrected chi connectivity index (χ0v) is 13.3. The lowest BCUT2D eigenvalue weighted by Crippen LogP contribution is -2.51. The van der Waals surface area contributed by atoms with Crippen LogP contribution in [0, 0.1) is 5.82 Å². The maximum absolute atomic E-state index is 13.5. The monoisotopic (exact) mass is 315 g/mol. The molecule has 1 aromatic rings. The van der Waals surface area contributed by atoms with Gasteiger partial charge in [0.15, 0.2) is 0 Å². The standard InChI is InChI=1S/C14H22FN3O2S/c1-16(2)21(19,20)18-11-9-17(10-12-18)8-7-13-5-3-4-6-14(13)15/h3-6H,7-12H2,1-2H3. The van der Waals surface area contributed by atoms with Crippen molar-refractivity contribution in [3.8, 4) is 0 Å². The highest BCUT2D eigenvalue weighted by atomic mass is 32.2. The topological polar surface area (TPSA) is 43.9 Å². The molecule has 5 nitrogen and oxygen atoms in total. The summed E-state index contributed by atoms with van der Waals surface area (Å²) in [7, 11) is -0.234. The lowest BCUT2D eigenvalue weighted by molar-refractivity contribution is 0.185. The van der Waals surface area contributed by atoms with E-state index in [2.05, 4.69) is 4.90 Å². The number of piperazine rings is 1. The second kappa shape index (κ2) is 6.83. The maximum Gasteiger partial charge on any atom is 0.281 e.